The van der Waals surface area contributed by atoms with Crippen molar-refractivity contribution in [3.05, 3.63) is 78.1 Å². The van der Waals surface area contributed by atoms with Crippen molar-refractivity contribution in [2.24, 2.45) is 5.10 Å². The van der Waals surface area contributed by atoms with Crippen molar-refractivity contribution in [1.82, 2.24) is 20.7 Å². The molecule has 4 rings (SSSR count). The fourth-order valence-electron chi connectivity index (χ4n) is 3.65. The molecule has 2 heterocycles. The Bertz CT molecular complexity index is 1350. The molecule has 174 valence electrons. The number of nitrogens with one attached hydrogen (secondary N) is 3. The average Bonchev–Trinajstić information content (AvgIpc) is 3.20. The van der Waals surface area contributed by atoms with Crippen LogP contribution < -0.4 is 10.7 Å². The van der Waals surface area contributed by atoms with Gasteiger partial charge in [0.15, 0.2) is 0 Å². The lowest BCUT2D eigenvalue weighted by atomic mass is 10.0. The molecule has 0 saturated heterocycles. The van der Waals surface area contributed by atoms with Gasteiger partial charge < -0.3 is 15.0 Å². The van der Waals surface area contributed by atoms with Crippen LogP contribution in [0.2, 0.25) is 0 Å². The number of alkyl carbamates (subject to hydrolysis) is 1. The predicted octanol–water partition coefficient (Wildman–Crippen LogP) is 4.30. The van der Waals surface area contributed by atoms with Crippen molar-refractivity contribution in [2.45, 2.75) is 38.8 Å². The lowest BCUT2D eigenvalue weighted by molar-refractivity contribution is -0.123. The molecule has 0 aliphatic heterocycles. The van der Waals surface area contributed by atoms with Crippen LogP contribution in [0.15, 0.2) is 72.1 Å². The molecule has 0 fully saturated rings. The molecule has 1 atom stereocenters. The van der Waals surface area contributed by atoms with Crippen molar-refractivity contribution in [2.75, 3.05) is 0 Å². The van der Waals surface area contributed by atoms with Crippen LogP contribution in [0, 0.1) is 0 Å². The van der Waals surface area contributed by atoms with Gasteiger partial charge in [-0.15, -0.1) is 0 Å². The van der Waals surface area contributed by atoms with Crippen LogP contribution in [0.5, 0.6) is 0 Å². The lowest BCUT2D eigenvalue weighted by Gasteiger charge is -2.22. The van der Waals surface area contributed by atoms with Gasteiger partial charge in [-0.1, -0.05) is 42.5 Å². The first-order valence-electron chi connectivity index (χ1n) is 11.0. The van der Waals surface area contributed by atoms with Gasteiger partial charge in [0.1, 0.15) is 11.6 Å². The van der Waals surface area contributed by atoms with Gasteiger partial charge in [0, 0.05) is 40.7 Å². The van der Waals surface area contributed by atoms with E-state index in [1.165, 1.54) is 0 Å². The number of amides is 2. The summed E-state index contributed by atoms with van der Waals surface area (Å²) in [6, 6.07) is 16.4. The number of ether oxygens (including phenoxy) is 1. The largest absolute Gasteiger partial charge is 0.444 e. The second-order valence-corrected chi connectivity index (χ2v) is 8.92. The molecular weight excluding hydrogens is 430 g/mol. The summed E-state index contributed by atoms with van der Waals surface area (Å²) in [5, 5.41) is 8.76. The minimum Gasteiger partial charge on any atom is -0.444 e. The molecule has 0 bridgehead atoms. The maximum atomic E-state index is 13.0. The summed E-state index contributed by atoms with van der Waals surface area (Å²) in [4.78, 5) is 33.1. The number of nitrogens with zero attached hydrogens (tertiary/aromatic N) is 2. The number of fused-ring (bicyclic) bond motifs is 2. The molecule has 4 aromatic rings. The number of hydrogen-bond acceptors (Lipinski definition) is 5. The summed E-state index contributed by atoms with van der Waals surface area (Å²) in [6.07, 6.45) is 4.69. The average molecular weight is 458 g/mol. The Morgan fingerprint density at radius 3 is 2.74 bits per heavy atom. The quantitative estimate of drug-likeness (QED) is 0.296. The first kappa shape index (κ1) is 23.0. The molecule has 2 amide bonds. The third kappa shape index (κ3) is 5.58. The van der Waals surface area contributed by atoms with Crippen molar-refractivity contribution < 1.29 is 14.3 Å². The normalized spacial score (nSPS) is 12.7. The number of pyridine rings is 1. The van der Waals surface area contributed by atoms with Crippen molar-refractivity contribution in [3.8, 4) is 0 Å². The van der Waals surface area contributed by atoms with E-state index in [1.54, 1.807) is 33.2 Å². The zero-order valence-electron chi connectivity index (χ0n) is 19.3. The smallest absolute Gasteiger partial charge is 0.408 e. The molecule has 2 aromatic heterocycles. The molecule has 0 aliphatic rings. The van der Waals surface area contributed by atoms with E-state index in [2.05, 4.69) is 25.8 Å². The van der Waals surface area contributed by atoms with Crippen LogP contribution in [-0.2, 0) is 16.0 Å². The van der Waals surface area contributed by atoms with Crippen LogP contribution >= 0.6 is 0 Å². The Balaban J connectivity index is 1.52. The monoisotopic (exact) mass is 457 g/mol. The Morgan fingerprint density at radius 2 is 1.91 bits per heavy atom. The number of rotatable bonds is 6. The Kier molecular flexibility index (Phi) is 6.58. The number of carbonyl (C=O) groups is 2. The lowest BCUT2D eigenvalue weighted by Crippen LogP contribution is -2.48. The fraction of sp³-hybridized carbons (Fsp3) is 0.231. The van der Waals surface area contributed by atoms with Crippen LogP contribution in [0.4, 0.5) is 4.79 Å². The number of aromatic amines is 1. The maximum Gasteiger partial charge on any atom is 0.408 e. The zero-order valence-corrected chi connectivity index (χ0v) is 19.3. The number of hydrazone groups is 1. The fourth-order valence-corrected chi connectivity index (χ4v) is 3.65. The van der Waals surface area contributed by atoms with Gasteiger partial charge in [0.25, 0.3) is 5.91 Å². The predicted molar refractivity (Wildman–Crippen MR) is 133 cm³/mol. The molecule has 0 radical (unpaired) electrons. The summed E-state index contributed by atoms with van der Waals surface area (Å²) in [6.45, 7) is 5.30. The first-order chi connectivity index (χ1) is 16.3. The number of carbonyl (C=O) groups excluding carboxylic acids is 2. The third-order valence-corrected chi connectivity index (χ3v) is 5.15. The molecule has 3 N–H and O–H groups in total. The van der Waals surface area contributed by atoms with Gasteiger partial charge in [-0.25, -0.2) is 10.2 Å². The molecule has 0 unspecified atom stereocenters. The van der Waals surface area contributed by atoms with Gasteiger partial charge >= 0.3 is 6.09 Å². The van der Waals surface area contributed by atoms with E-state index in [0.29, 0.717) is 0 Å². The first-order valence-corrected chi connectivity index (χ1v) is 11.0. The maximum absolute atomic E-state index is 13.0. The van der Waals surface area contributed by atoms with Crippen LogP contribution in [0.1, 0.15) is 31.9 Å². The Hall–Kier alpha value is -4.20. The van der Waals surface area contributed by atoms with Crippen molar-refractivity contribution in [1.29, 1.82) is 0 Å². The molecule has 0 aliphatic carbocycles. The minimum atomic E-state index is -0.892. The van der Waals surface area contributed by atoms with E-state index < -0.39 is 23.6 Å². The highest BCUT2D eigenvalue weighted by atomic mass is 16.6. The molecule has 0 spiro atoms. The highest BCUT2D eigenvalue weighted by Crippen LogP contribution is 2.19. The summed E-state index contributed by atoms with van der Waals surface area (Å²) in [5.74, 6) is -0.458. The second-order valence-electron chi connectivity index (χ2n) is 8.92. The standard InChI is InChI=1S/C26H27N5O3/c1-26(2,3)34-25(33)30-22(14-19-15-28-21-12-5-4-11-20(19)21)24(32)31-29-16-18-9-6-8-17-10-7-13-27-23(17)18/h4-13,15-16,22,28H,14H2,1-3H3,(H,30,33)(H,31,32)/t22-/m0/s1. The highest BCUT2D eigenvalue weighted by molar-refractivity contribution is 5.98. The Morgan fingerprint density at radius 1 is 1.12 bits per heavy atom. The van der Waals surface area contributed by atoms with Crippen molar-refractivity contribution in [3.63, 3.8) is 0 Å². The topological polar surface area (TPSA) is 108 Å². The minimum absolute atomic E-state index is 0.264. The molecule has 2 aromatic carbocycles. The summed E-state index contributed by atoms with van der Waals surface area (Å²) in [7, 11) is 0. The summed E-state index contributed by atoms with van der Waals surface area (Å²) < 4.78 is 5.36. The molecule has 8 nitrogen and oxygen atoms in total. The van der Waals surface area contributed by atoms with E-state index in [0.717, 1.165) is 32.9 Å². The van der Waals surface area contributed by atoms with Gasteiger partial charge in [0.05, 0.1) is 11.7 Å². The summed E-state index contributed by atoms with van der Waals surface area (Å²) in [5.41, 5.74) is 5.26. The number of hydrogen-bond donors (Lipinski definition) is 3. The van der Waals surface area contributed by atoms with Crippen LogP contribution in [0.3, 0.4) is 0 Å². The number of H-pyrrole nitrogens is 1. The summed E-state index contributed by atoms with van der Waals surface area (Å²) >= 11 is 0. The molecule has 0 saturated carbocycles. The number of para-hydroxylation sites is 2. The van der Waals surface area contributed by atoms with Gasteiger partial charge in [-0.3, -0.25) is 9.78 Å². The van der Waals surface area contributed by atoms with Crippen molar-refractivity contribution >= 4 is 40.0 Å². The van der Waals surface area contributed by atoms with E-state index in [1.807, 2.05) is 60.8 Å². The van der Waals surface area contributed by atoms with Gasteiger partial charge in [-0.05, 0) is 38.5 Å². The van der Waals surface area contributed by atoms with E-state index in [9.17, 15) is 9.59 Å². The van der Waals surface area contributed by atoms with E-state index in [4.69, 9.17) is 4.74 Å². The van der Waals surface area contributed by atoms with Crippen LogP contribution in [0.25, 0.3) is 21.8 Å². The van der Waals surface area contributed by atoms with Gasteiger partial charge in [0.2, 0.25) is 0 Å². The van der Waals surface area contributed by atoms with E-state index in [-0.39, 0.29) is 6.42 Å². The molecule has 34 heavy (non-hydrogen) atoms. The second kappa shape index (κ2) is 9.74. The highest BCUT2D eigenvalue weighted by Gasteiger charge is 2.25. The number of benzene rings is 2. The molecular formula is C26H27N5O3. The van der Waals surface area contributed by atoms with Gasteiger partial charge in [-0.2, -0.15) is 5.10 Å². The Labute approximate surface area is 197 Å². The third-order valence-electron chi connectivity index (χ3n) is 5.15. The van der Waals surface area contributed by atoms with Crippen LogP contribution in [-0.4, -0.2) is 39.8 Å². The SMILES string of the molecule is CC(C)(C)OC(=O)N[C@@H](Cc1c[nH]c2ccccc12)C(=O)NN=Cc1cccc2cccnc12. The molecule has 8 heteroatoms. The number of aromatic nitrogens is 2. The zero-order chi connectivity index (χ0) is 24.1. The van der Waals surface area contributed by atoms with E-state index >= 15 is 0 Å².